The molecule has 0 saturated carbocycles. The Morgan fingerprint density at radius 2 is 1.93 bits per heavy atom. The highest BCUT2D eigenvalue weighted by molar-refractivity contribution is 6.01. The topological polar surface area (TPSA) is 127 Å². The Morgan fingerprint density at radius 3 is 2.44 bits per heavy atom. The smallest absolute Gasteiger partial charge is 0.343 e. The largest absolute Gasteiger partial charge is 0.479 e. The van der Waals surface area contributed by atoms with Gasteiger partial charge in [0.2, 0.25) is 11.6 Å². The van der Waals surface area contributed by atoms with Crippen molar-refractivity contribution in [3.63, 3.8) is 0 Å². The summed E-state index contributed by atoms with van der Waals surface area (Å²) >= 11 is 0. The first-order chi connectivity index (χ1) is 12.8. The van der Waals surface area contributed by atoms with Crippen LogP contribution >= 0.6 is 0 Å². The lowest BCUT2D eigenvalue weighted by molar-refractivity contribution is -0.385. The fourth-order valence-electron chi connectivity index (χ4n) is 2.74. The van der Waals surface area contributed by atoms with Gasteiger partial charge in [-0.3, -0.25) is 14.8 Å². The molecule has 0 bridgehead atoms. The van der Waals surface area contributed by atoms with Crippen molar-refractivity contribution in [1.29, 1.82) is 0 Å². The highest BCUT2D eigenvalue weighted by atomic mass is 16.6. The van der Waals surface area contributed by atoms with Gasteiger partial charge in [-0.1, -0.05) is 0 Å². The number of ether oxygens (including phenoxy) is 2. The van der Waals surface area contributed by atoms with Crippen molar-refractivity contribution in [2.45, 2.75) is 34.2 Å². The fraction of sp³-hybridized carbons (Fsp3) is 0.500. The van der Waals surface area contributed by atoms with Crippen LogP contribution in [-0.4, -0.2) is 50.1 Å². The molecule has 2 heterocycles. The summed E-state index contributed by atoms with van der Waals surface area (Å²) in [6.07, 6.45) is 0. The van der Waals surface area contributed by atoms with Gasteiger partial charge in [0.25, 0.3) is 0 Å². The van der Waals surface area contributed by atoms with Crippen molar-refractivity contribution in [3.8, 4) is 0 Å². The summed E-state index contributed by atoms with van der Waals surface area (Å²) in [5.74, 6) is -0.441. The van der Waals surface area contributed by atoms with E-state index in [0.29, 0.717) is 12.2 Å². The van der Waals surface area contributed by atoms with Crippen LogP contribution in [0.5, 0.6) is 0 Å². The predicted molar refractivity (Wildman–Crippen MR) is 96.4 cm³/mol. The molecule has 0 aromatic carbocycles. The number of nitrogens with zero attached hydrogens (tertiary/aromatic N) is 6. The minimum absolute atomic E-state index is 0.0438. The number of carbonyl (C=O) groups is 1. The monoisotopic (exact) mass is 378 g/mol. The Hall–Kier alpha value is -3.24. The molecule has 146 valence electrons. The van der Waals surface area contributed by atoms with Crippen LogP contribution in [0.25, 0.3) is 0 Å². The molecule has 0 radical (unpaired) electrons. The molecule has 11 nitrogen and oxygen atoms in total. The van der Waals surface area contributed by atoms with Gasteiger partial charge in [0.05, 0.1) is 24.3 Å². The van der Waals surface area contributed by atoms with E-state index in [1.807, 2.05) is 0 Å². The van der Waals surface area contributed by atoms with E-state index in [-0.39, 0.29) is 41.0 Å². The van der Waals surface area contributed by atoms with E-state index in [4.69, 9.17) is 9.47 Å². The Labute approximate surface area is 155 Å². The first-order valence-corrected chi connectivity index (χ1v) is 8.32. The van der Waals surface area contributed by atoms with E-state index >= 15 is 0 Å². The molecular formula is C16H22N6O5. The lowest BCUT2D eigenvalue weighted by atomic mass is 10.2. The second-order valence-corrected chi connectivity index (χ2v) is 5.60. The number of aromatic nitrogens is 4. The molecule has 27 heavy (non-hydrogen) atoms. The summed E-state index contributed by atoms with van der Waals surface area (Å²) in [5, 5.41) is 19.9. The van der Waals surface area contributed by atoms with Gasteiger partial charge in [0, 0.05) is 13.6 Å². The van der Waals surface area contributed by atoms with Gasteiger partial charge < -0.3 is 9.47 Å². The van der Waals surface area contributed by atoms with E-state index in [0.717, 1.165) is 0 Å². The zero-order valence-electron chi connectivity index (χ0n) is 16.1. The zero-order valence-corrected chi connectivity index (χ0v) is 16.1. The quantitative estimate of drug-likeness (QED) is 0.247. The molecular weight excluding hydrogens is 356 g/mol. The molecule has 0 aliphatic heterocycles. The molecule has 0 atom stereocenters. The summed E-state index contributed by atoms with van der Waals surface area (Å²) in [6.45, 7) is 7.26. The Kier molecular flexibility index (Phi) is 5.93. The van der Waals surface area contributed by atoms with Crippen molar-refractivity contribution < 1.29 is 19.2 Å². The molecule has 2 aromatic rings. The maximum Gasteiger partial charge on any atom is 0.343 e. The SMILES string of the molecule is CCOC(=O)c1c(C)nn(C)c1/N=C(\OC)c1c([N+](=O)[O-])c(C)nn1CC. The number of hydrogen-bond donors (Lipinski definition) is 0. The number of methoxy groups -OCH3 is 1. The number of aliphatic imine (C=N–C) groups is 1. The van der Waals surface area contributed by atoms with E-state index in [1.165, 1.54) is 16.5 Å². The highest BCUT2D eigenvalue weighted by Gasteiger charge is 2.31. The maximum atomic E-state index is 12.3. The lowest BCUT2D eigenvalue weighted by Crippen LogP contribution is -2.14. The Bertz CT molecular complexity index is 911. The summed E-state index contributed by atoms with van der Waals surface area (Å²) in [7, 11) is 2.96. The number of rotatable bonds is 6. The average Bonchev–Trinajstić information content (AvgIpc) is 3.08. The summed E-state index contributed by atoms with van der Waals surface area (Å²) in [6, 6.07) is 0. The van der Waals surface area contributed by atoms with E-state index in [2.05, 4.69) is 15.2 Å². The van der Waals surface area contributed by atoms with E-state index < -0.39 is 10.9 Å². The van der Waals surface area contributed by atoms with E-state index in [9.17, 15) is 14.9 Å². The molecule has 2 aromatic heterocycles. The molecule has 0 unspecified atom stereocenters. The van der Waals surface area contributed by atoms with Crippen LogP contribution in [0.3, 0.4) is 0 Å². The number of aryl methyl sites for hydroxylation is 4. The maximum absolute atomic E-state index is 12.3. The molecule has 0 aliphatic rings. The predicted octanol–water partition coefficient (Wildman–Crippen LogP) is 2.06. The van der Waals surface area contributed by atoms with E-state index in [1.54, 1.807) is 34.7 Å². The van der Waals surface area contributed by atoms with Gasteiger partial charge in [-0.15, -0.1) is 0 Å². The minimum Gasteiger partial charge on any atom is -0.479 e. The van der Waals surface area contributed by atoms with Crippen molar-refractivity contribution >= 4 is 23.4 Å². The van der Waals surface area contributed by atoms with Gasteiger partial charge >= 0.3 is 11.7 Å². The first kappa shape index (κ1) is 20.1. The lowest BCUT2D eigenvalue weighted by Gasteiger charge is -2.08. The van der Waals surface area contributed by atoms with Gasteiger partial charge in [0.1, 0.15) is 11.3 Å². The molecule has 0 saturated heterocycles. The van der Waals surface area contributed by atoms with Gasteiger partial charge in [0.15, 0.2) is 5.82 Å². The third-order valence-corrected chi connectivity index (χ3v) is 3.85. The van der Waals surface area contributed by atoms with Crippen LogP contribution in [0, 0.1) is 24.0 Å². The number of nitro groups is 1. The first-order valence-electron chi connectivity index (χ1n) is 8.32. The van der Waals surface area contributed by atoms with Crippen molar-refractivity contribution in [1.82, 2.24) is 19.6 Å². The molecule has 2 rings (SSSR count). The van der Waals surface area contributed by atoms with Crippen molar-refractivity contribution in [2.75, 3.05) is 13.7 Å². The molecule has 0 spiro atoms. The third kappa shape index (κ3) is 3.66. The van der Waals surface area contributed by atoms with Crippen molar-refractivity contribution in [2.24, 2.45) is 12.0 Å². The Morgan fingerprint density at radius 1 is 1.26 bits per heavy atom. The van der Waals surface area contributed by atoms with Gasteiger partial charge in [-0.25, -0.2) is 9.48 Å². The fourth-order valence-corrected chi connectivity index (χ4v) is 2.74. The highest BCUT2D eigenvalue weighted by Crippen LogP contribution is 2.28. The molecule has 0 amide bonds. The molecule has 0 aliphatic carbocycles. The van der Waals surface area contributed by atoms with Crippen LogP contribution in [0.15, 0.2) is 4.99 Å². The van der Waals surface area contributed by atoms with Crippen LogP contribution in [0.2, 0.25) is 0 Å². The third-order valence-electron chi connectivity index (χ3n) is 3.85. The van der Waals surface area contributed by atoms with Crippen LogP contribution in [-0.2, 0) is 23.1 Å². The number of esters is 1. The molecule has 0 fully saturated rings. The van der Waals surface area contributed by atoms with Crippen LogP contribution in [0.4, 0.5) is 11.5 Å². The average molecular weight is 378 g/mol. The number of hydrogen-bond acceptors (Lipinski definition) is 8. The van der Waals surface area contributed by atoms with Gasteiger partial charge in [-0.05, 0) is 27.7 Å². The summed E-state index contributed by atoms with van der Waals surface area (Å²) in [5.41, 5.74) is 0.772. The normalized spacial score (nSPS) is 11.6. The standard InChI is InChI=1S/C16H22N6O5/c1-7-21-13(12(22(24)25)10(4)19-21)15(26-6)17-14-11(16(23)27-8-2)9(3)18-20(14)5/h7-8H2,1-6H3/b17-15-. The minimum atomic E-state index is -0.577. The van der Waals surface area contributed by atoms with Crippen LogP contribution < -0.4 is 0 Å². The number of carbonyl (C=O) groups excluding carboxylic acids is 1. The summed E-state index contributed by atoms with van der Waals surface area (Å²) in [4.78, 5) is 27.7. The second-order valence-electron chi connectivity index (χ2n) is 5.60. The second kappa shape index (κ2) is 7.98. The van der Waals surface area contributed by atoms with Crippen molar-refractivity contribution in [3.05, 3.63) is 32.8 Å². The van der Waals surface area contributed by atoms with Gasteiger partial charge in [-0.2, -0.15) is 15.2 Å². The summed E-state index contributed by atoms with van der Waals surface area (Å²) < 4.78 is 13.2. The zero-order chi connectivity index (χ0) is 20.3. The Balaban J connectivity index is 2.73. The molecule has 11 heteroatoms. The molecule has 0 N–H and O–H groups in total. The van der Waals surface area contributed by atoms with Crippen LogP contribution in [0.1, 0.15) is 41.3 Å².